The third-order valence-electron chi connectivity index (χ3n) is 1.14. The summed E-state index contributed by atoms with van der Waals surface area (Å²) in [5, 5.41) is 0. The molecule has 0 unspecified atom stereocenters. The summed E-state index contributed by atoms with van der Waals surface area (Å²) in [6, 6.07) is 0. The number of hydrogen-bond acceptors (Lipinski definition) is 5. The largest absolute Gasteiger partial charge is 0.523 e. The van der Waals surface area contributed by atoms with E-state index < -0.39 is 30.3 Å². The monoisotopic (exact) mass is 284 g/mol. The van der Waals surface area contributed by atoms with Crippen molar-refractivity contribution in [1.82, 2.24) is 0 Å². The zero-order valence-electron chi connectivity index (χ0n) is 8.65. The molecule has 0 saturated carbocycles. The molecule has 16 heavy (non-hydrogen) atoms. The van der Waals surface area contributed by atoms with Gasteiger partial charge in [-0.3, -0.25) is 4.18 Å². The van der Waals surface area contributed by atoms with Crippen molar-refractivity contribution in [2.24, 2.45) is 0 Å². The van der Waals surface area contributed by atoms with Crippen LogP contribution in [0.5, 0.6) is 0 Å². The molecule has 0 fully saturated rings. The van der Waals surface area contributed by atoms with Crippen molar-refractivity contribution in [3.63, 3.8) is 0 Å². The average molecular weight is 284 g/mol. The smallest absolute Gasteiger partial charge is 0.333 e. The van der Waals surface area contributed by atoms with Crippen molar-refractivity contribution in [1.29, 1.82) is 0 Å². The van der Waals surface area contributed by atoms with Crippen LogP contribution in [0.1, 0.15) is 13.8 Å². The van der Waals surface area contributed by atoms with E-state index in [1.54, 1.807) is 13.8 Å². The molecule has 10 heteroatoms. The fourth-order valence-electron chi connectivity index (χ4n) is 0.579. The Bertz CT molecular complexity index is 285. The average Bonchev–Trinajstić information content (AvgIpc) is 2.13. The second kappa shape index (κ2) is 6.70. The van der Waals surface area contributed by atoms with Crippen molar-refractivity contribution >= 4 is 18.5 Å². The first-order valence-electron chi connectivity index (χ1n) is 4.23. The van der Waals surface area contributed by atoms with E-state index in [4.69, 9.17) is 9.05 Å². The highest BCUT2D eigenvalue weighted by molar-refractivity contribution is 7.87. The maximum Gasteiger partial charge on any atom is 0.523 e. The standard InChI is InChI=1S/C6H12F3O5PS/c1-3-12-15(13-4-2)5-14-16(10,11)6(7,8)9/h3-5H2,1-2H3. The van der Waals surface area contributed by atoms with Crippen LogP contribution in [0, 0.1) is 0 Å². The Labute approximate surface area is 92.9 Å². The van der Waals surface area contributed by atoms with Gasteiger partial charge in [-0.2, -0.15) is 21.6 Å². The molecular weight excluding hydrogens is 272 g/mol. The van der Waals surface area contributed by atoms with Gasteiger partial charge >= 0.3 is 15.6 Å². The first kappa shape index (κ1) is 16.1. The van der Waals surface area contributed by atoms with Crippen molar-refractivity contribution in [2.75, 3.05) is 19.6 Å². The first-order valence-corrected chi connectivity index (χ1v) is 7.00. The minimum absolute atomic E-state index is 0.196. The van der Waals surface area contributed by atoms with Crippen LogP contribution in [0.2, 0.25) is 0 Å². The summed E-state index contributed by atoms with van der Waals surface area (Å²) >= 11 is 0. The van der Waals surface area contributed by atoms with E-state index in [0.29, 0.717) is 0 Å². The van der Waals surface area contributed by atoms with E-state index >= 15 is 0 Å². The minimum Gasteiger partial charge on any atom is -0.333 e. The van der Waals surface area contributed by atoms with Gasteiger partial charge in [-0.05, 0) is 13.8 Å². The predicted molar refractivity (Wildman–Crippen MR) is 51.1 cm³/mol. The van der Waals surface area contributed by atoms with Crippen molar-refractivity contribution < 1.29 is 34.8 Å². The summed E-state index contributed by atoms with van der Waals surface area (Å²) in [6.45, 7) is 3.60. The lowest BCUT2D eigenvalue weighted by molar-refractivity contribution is -0.0532. The predicted octanol–water partition coefficient (Wildman–Crippen LogP) is 2.20. The van der Waals surface area contributed by atoms with E-state index in [1.807, 2.05) is 0 Å². The molecule has 0 bridgehead atoms. The summed E-state index contributed by atoms with van der Waals surface area (Å²) in [5.41, 5.74) is -5.42. The van der Waals surface area contributed by atoms with Crippen LogP contribution in [-0.2, 0) is 23.3 Å². The number of halogens is 3. The highest BCUT2D eigenvalue weighted by Gasteiger charge is 2.47. The Balaban J connectivity index is 4.30. The summed E-state index contributed by atoms with van der Waals surface area (Å²) in [6.07, 6.45) is -0.765. The molecule has 0 aliphatic heterocycles. The quantitative estimate of drug-likeness (QED) is 0.407. The summed E-state index contributed by atoms with van der Waals surface area (Å²) in [5.74, 6) is 0. The van der Waals surface area contributed by atoms with Crippen molar-refractivity contribution in [3.05, 3.63) is 0 Å². The zero-order valence-corrected chi connectivity index (χ0v) is 10.4. The molecule has 98 valence electrons. The minimum atomic E-state index is -5.57. The number of alkyl halides is 3. The molecule has 0 aromatic rings. The van der Waals surface area contributed by atoms with Crippen LogP contribution < -0.4 is 0 Å². The number of rotatable bonds is 7. The molecular formula is C6H12F3O5PS. The van der Waals surface area contributed by atoms with Gasteiger partial charge in [-0.25, -0.2) is 0 Å². The van der Waals surface area contributed by atoms with E-state index in [1.165, 1.54) is 0 Å². The molecule has 0 aliphatic rings. The third kappa shape index (κ3) is 5.40. The van der Waals surface area contributed by atoms with Gasteiger partial charge in [0.1, 0.15) is 6.35 Å². The molecule has 0 aliphatic carbocycles. The summed E-state index contributed by atoms with van der Waals surface area (Å²) in [7, 11) is -7.35. The molecule has 0 saturated heterocycles. The lowest BCUT2D eigenvalue weighted by atomic mass is 10.9. The highest BCUT2D eigenvalue weighted by Crippen LogP contribution is 2.39. The molecule has 0 amide bonds. The lowest BCUT2D eigenvalue weighted by Crippen LogP contribution is -2.25. The Morgan fingerprint density at radius 3 is 1.88 bits per heavy atom. The topological polar surface area (TPSA) is 61.8 Å². The van der Waals surface area contributed by atoms with Crippen LogP contribution >= 0.6 is 8.38 Å². The Hall–Kier alpha value is 0.0500. The Morgan fingerprint density at radius 2 is 1.56 bits per heavy atom. The van der Waals surface area contributed by atoms with Gasteiger partial charge in [0.25, 0.3) is 0 Å². The van der Waals surface area contributed by atoms with Gasteiger partial charge in [-0.1, -0.05) is 0 Å². The van der Waals surface area contributed by atoms with Crippen molar-refractivity contribution in [3.8, 4) is 0 Å². The highest BCUT2D eigenvalue weighted by atomic mass is 32.2. The second-order valence-electron chi connectivity index (χ2n) is 2.32. The van der Waals surface area contributed by atoms with E-state index in [-0.39, 0.29) is 13.2 Å². The molecule has 0 aromatic heterocycles. The third-order valence-corrected chi connectivity index (χ3v) is 3.74. The van der Waals surface area contributed by atoms with Crippen LogP contribution in [0.25, 0.3) is 0 Å². The number of hydrogen-bond donors (Lipinski definition) is 0. The van der Waals surface area contributed by atoms with Gasteiger partial charge < -0.3 is 9.05 Å². The fourth-order valence-corrected chi connectivity index (χ4v) is 2.41. The van der Waals surface area contributed by atoms with Gasteiger partial charge in [-0.15, -0.1) is 0 Å². The first-order chi connectivity index (χ1) is 7.24. The SMILES string of the molecule is CCOP(COS(=O)(=O)C(F)(F)F)OCC. The van der Waals surface area contributed by atoms with Gasteiger partial charge in [0, 0.05) is 0 Å². The maximum atomic E-state index is 11.9. The fraction of sp³-hybridized carbons (Fsp3) is 1.00. The van der Waals surface area contributed by atoms with Gasteiger partial charge in [0.15, 0.2) is 8.38 Å². The zero-order chi connectivity index (χ0) is 12.8. The molecule has 0 atom stereocenters. The molecule has 0 spiro atoms. The summed E-state index contributed by atoms with van der Waals surface area (Å²) < 4.78 is 70.2. The van der Waals surface area contributed by atoms with Crippen LogP contribution in [0.3, 0.4) is 0 Å². The van der Waals surface area contributed by atoms with Gasteiger partial charge in [0.05, 0.1) is 13.2 Å². The van der Waals surface area contributed by atoms with Gasteiger partial charge in [0.2, 0.25) is 0 Å². The maximum absolute atomic E-state index is 11.9. The van der Waals surface area contributed by atoms with E-state index in [2.05, 4.69) is 4.18 Å². The van der Waals surface area contributed by atoms with Crippen LogP contribution in [0.15, 0.2) is 0 Å². The molecule has 0 radical (unpaired) electrons. The molecule has 0 N–H and O–H groups in total. The Morgan fingerprint density at radius 1 is 1.12 bits per heavy atom. The molecule has 0 heterocycles. The van der Waals surface area contributed by atoms with Crippen LogP contribution in [-0.4, -0.2) is 33.5 Å². The van der Waals surface area contributed by atoms with Crippen molar-refractivity contribution in [2.45, 2.75) is 19.4 Å². The normalized spacial score (nSPS) is 13.4. The van der Waals surface area contributed by atoms with E-state index in [0.717, 1.165) is 0 Å². The molecule has 0 aromatic carbocycles. The molecule has 0 rings (SSSR count). The summed E-state index contributed by atoms with van der Waals surface area (Å²) in [4.78, 5) is 0. The lowest BCUT2D eigenvalue weighted by Gasteiger charge is -2.15. The van der Waals surface area contributed by atoms with E-state index in [9.17, 15) is 21.6 Å². The second-order valence-corrected chi connectivity index (χ2v) is 5.36. The Kier molecular flexibility index (Phi) is 6.73. The van der Waals surface area contributed by atoms with Crippen LogP contribution in [0.4, 0.5) is 13.2 Å². The molecule has 5 nitrogen and oxygen atoms in total.